The second-order valence-corrected chi connectivity index (χ2v) is 4.17. The van der Waals surface area contributed by atoms with E-state index in [1.165, 1.54) is 36.4 Å². The normalized spacial score (nSPS) is 10.4. The molecule has 7 heteroatoms. The van der Waals surface area contributed by atoms with Crippen molar-refractivity contribution in [2.75, 3.05) is 11.9 Å². The van der Waals surface area contributed by atoms with Crippen molar-refractivity contribution in [2.45, 2.75) is 6.61 Å². The Kier molecular flexibility index (Phi) is 5.24. The molecule has 0 aliphatic rings. The van der Waals surface area contributed by atoms with E-state index < -0.39 is 24.9 Å². The van der Waals surface area contributed by atoms with Crippen LogP contribution in [0.4, 0.5) is 18.9 Å². The summed E-state index contributed by atoms with van der Waals surface area (Å²) in [4.78, 5) is 11.7. The van der Waals surface area contributed by atoms with Crippen LogP contribution in [-0.2, 0) is 4.79 Å². The van der Waals surface area contributed by atoms with Crippen molar-refractivity contribution in [3.63, 3.8) is 0 Å². The van der Waals surface area contributed by atoms with Gasteiger partial charge < -0.3 is 14.8 Å². The molecule has 0 atom stereocenters. The summed E-state index contributed by atoms with van der Waals surface area (Å²) < 4.78 is 46.8. The molecular formula is C15H12F3NO3. The molecule has 0 bridgehead atoms. The van der Waals surface area contributed by atoms with Crippen LogP contribution in [0, 0.1) is 5.82 Å². The van der Waals surface area contributed by atoms with Crippen LogP contribution in [0.1, 0.15) is 0 Å². The van der Waals surface area contributed by atoms with Crippen LogP contribution in [0.2, 0.25) is 0 Å². The zero-order valence-corrected chi connectivity index (χ0v) is 11.3. The SMILES string of the molecule is O=C(COc1cccc(F)c1)Nc1ccccc1OC(F)F. The minimum absolute atomic E-state index is 0.0932. The predicted octanol–water partition coefficient (Wildman–Crippen LogP) is 3.44. The third-order valence-corrected chi connectivity index (χ3v) is 2.54. The Labute approximate surface area is 124 Å². The van der Waals surface area contributed by atoms with Crippen molar-refractivity contribution in [2.24, 2.45) is 0 Å². The highest BCUT2D eigenvalue weighted by atomic mass is 19.3. The molecule has 4 nitrogen and oxygen atoms in total. The Morgan fingerprint density at radius 1 is 1.14 bits per heavy atom. The summed E-state index contributed by atoms with van der Waals surface area (Å²) in [5.41, 5.74) is 0.0932. The van der Waals surface area contributed by atoms with Crippen molar-refractivity contribution in [1.29, 1.82) is 0 Å². The number of carbonyl (C=O) groups is 1. The number of hydrogen-bond acceptors (Lipinski definition) is 3. The van der Waals surface area contributed by atoms with Gasteiger partial charge in [-0.2, -0.15) is 8.78 Å². The highest BCUT2D eigenvalue weighted by Gasteiger charge is 2.12. The van der Waals surface area contributed by atoms with Crippen LogP contribution < -0.4 is 14.8 Å². The zero-order valence-electron chi connectivity index (χ0n) is 11.3. The number of carbonyl (C=O) groups excluding carboxylic acids is 1. The van der Waals surface area contributed by atoms with Gasteiger partial charge in [0.15, 0.2) is 6.61 Å². The van der Waals surface area contributed by atoms with E-state index in [9.17, 15) is 18.0 Å². The molecule has 0 spiro atoms. The molecule has 1 amide bonds. The smallest absolute Gasteiger partial charge is 0.387 e. The number of alkyl halides is 2. The molecule has 0 saturated carbocycles. The number of anilines is 1. The summed E-state index contributed by atoms with van der Waals surface area (Å²) in [6.45, 7) is -3.39. The highest BCUT2D eigenvalue weighted by molar-refractivity contribution is 5.93. The molecule has 0 unspecified atom stereocenters. The summed E-state index contributed by atoms with van der Waals surface area (Å²) in [6, 6.07) is 11.1. The fourth-order valence-electron chi connectivity index (χ4n) is 1.66. The number of para-hydroxylation sites is 2. The van der Waals surface area contributed by atoms with E-state index in [0.29, 0.717) is 0 Å². The molecule has 116 valence electrons. The predicted molar refractivity (Wildman–Crippen MR) is 73.6 cm³/mol. The molecule has 0 aliphatic carbocycles. The number of nitrogens with one attached hydrogen (secondary N) is 1. The van der Waals surface area contributed by atoms with Crippen LogP contribution in [0.15, 0.2) is 48.5 Å². The van der Waals surface area contributed by atoms with Crippen molar-refractivity contribution >= 4 is 11.6 Å². The van der Waals surface area contributed by atoms with E-state index in [4.69, 9.17) is 4.74 Å². The van der Waals surface area contributed by atoms with E-state index in [1.54, 1.807) is 6.07 Å². The minimum atomic E-state index is -3.00. The maximum atomic E-state index is 12.9. The number of halogens is 3. The summed E-state index contributed by atoms with van der Waals surface area (Å²) in [6.07, 6.45) is 0. The molecule has 0 fully saturated rings. The lowest BCUT2D eigenvalue weighted by atomic mass is 10.3. The minimum Gasteiger partial charge on any atom is -0.484 e. The first-order valence-corrected chi connectivity index (χ1v) is 6.26. The summed E-state index contributed by atoms with van der Waals surface area (Å²) >= 11 is 0. The van der Waals surface area contributed by atoms with Crippen LogP contribution in [0.3, 0.4) is 0 Å². The first-order valence-electron chi connectivity index (χ1n) is 6.26. The first kappa shape index (κ1) is 15.7. The average Bonchev–Trinajstić information content (AvgIpc) is 2.47. The lowest BCUT2D eigenvalue weighted by Crippen LogP contribution is -2.20. The van der Waals surface area contributed by atoms with E-state index >= 15 is 0 Å². The van der Waals surface area contributed by atoms with Gasteiger partial charge >= 0.3 is 6.61 Å². The quantitative estimate of drug-likeness (QED) is 0.889. The van der Waals surface area contributed by atoms with Gasteiger partial charge in [-0.15, -0.1) is 0 Å². The second-order valence-electron chi connectivity index (χ2n) is 4.17. The Morgan fingerprint density at radius 2 is 1.91 bits per heavy atom. The topological polar surface area (TPSA) is 47.6 Å². The maximum Gasteiger partial charge on any atom is 0.387 e. The number of amides is 1. The van der Waals surface area contributed by atoms with E-state index in [-0.39, 0.29) is 17.2 Å². The number of benzene rings is 2. The van der Waals surface area contributed by atoms with Crippen molar-refractivity contribution in [3.8, 4) is 11.5 Å². The largest absolute Gasteiger partial charge is 0.484 e. The molecule has 1 N–H and O–H groups in total. The Bertz CT molecular complexity index is 649. The molecule has 0 aliphatic heterocycles. The zero-order chi connectivity index (χ0) is 15.9. The summed E-state index contributed by atoms with van der Waals surface area (Å²) in [5.74, 6) is -1.05. The van der Waals surface area contributed by atoms with Crippen molar-refractivity contribution in [3.05, 3.63) is 54.3 Å². The van der Waals surface area contributed by atoms with Gasteiger partial charge in [-0.25, -0.2) is 4.39 Å². The molecule has 2 rings (SSSR count). The standard InChI is InChI=1S/C15H12F3NO3/c16-10-4-3-5-11(8-10)21-9-14(20)19-12-6-1-2-7-13(12)22-15(17)18/h1-8,15H,9H2,(H,19,20). The lowest BCUT2D eigenvalue weighted by Gasteiger charge is -2.12. The summed E-state index contributed by atoms with van der Waals surface area (Å²) in [5, 5.41) is 2.38. The van der Waals surface area contributed by atoms with E-state index in [0.717, 1.165) is 6.07 Å². The number of hydrogen-bond donors (Lipinski definition) is 1. The van der Waals surface area contributed by atoms with Gasteiger partial charge in [0.25, 0.3) is 5.91 Å². The Balaban J connectivity index is 1.95. The first-order chi connectivity index (χ1) is 10.5. The second kappa shape index (κ2) is 7.35. The van der Waals surface area contributed by atoms with Gasteiger partial charge in [0, 0.05) is 6.07 Å². The van der Waals surface area contributed by atoms with E-state index in [1.807, 2.05) is 0 Å². The van der Waals surface area contributed by atoms with Gasteiger partial charge in [0.05, 0.1) is 5.69 Å². The van der Waals surface area contributed by atoms with E-state index in [2.05, 4.69) is 10.1 Å². The van der Waals surface area contributed by atoms with Crippen molar-refractivity contribution < 1.29 is 27.4 Å². The fraction of sp³-hybridized carbons (Fsp3) is 0.133. The monoisotopic (exact) mass is 311 g/mol. The number of rotatable bonds is 6. The van der Waals surface area contributed by atoms with Gasteiger partial charge in [-0.1, -0.05) is 18.2 Å². The highest BCUT2D eigenvalue weighted by Crippen LogP contribution is 2.25. The molecule has 0 radical (unpaired) electrons. The third-order valence-electron chi connectivity index (χ3n) is 2.54. The molecule has 22 heavy (non-hydrogen) atoms. The van der Waals surface area contributed by atoms with Crippen LogP contribution in [0.5, 0.6) is 11.5 Å². The molecule has 0 saturated heterocycles. The molecule has 2 aromatic rings. The third kappa shape index (κ3) is 4.69. The van der Waals surface area contributed by atoms with Gasteiger partial charge in [-0.05, 0) is 24.3 Å². The van der Waals surface area contributed by atoms with Crippen LogP contribution in [-0.4, -0.2) is 19.1 Å². The Morgan fingerprint density at radius 3 is 2.64 bits per heavy atom. The molecule has 0 aromatic heterocycles. The maximum absolute atomic E-state index is 12.9. The van der Waals surface area contributed by atoms with Gasteiger partial charge in [0.1, 0.15) is 17.3 Å². The van der Waals surface area contributed by atoms with Gasteiger partial charge in [-0.3, -0.25) is 4.79 Å². The lowest BCUT2D eigenvalue weighted by molar-refractivity contribution is -0.118. The van der Waals surface area contributed by atoms with Crippen LogP contribution >= 0.6 is 0 Å². The Hall–Kier alpha value is -2.70. The molecular weight excluding hydrogens is 299 g/mol. The fourth-order valence-corrected chi connectivity index (χ4v) is 1.66. The van der Waals surface area contributed by atoms with Crippen LogP contribution in [0.25, 0.3) is 0 Å². The number of ether oxygens (including phenoxy) is 2. The summed E-state index contributed by atoms with van der Waals surface area (Å²) in [7, 11) is 0. The van der Waals surface area contributed by atoms with Gasteiger partial charge in [0.2, 0.25) is 0 Å². The molecule has 2 aromatic carbocycles. The van der Waals surface area contributed by atoms with Crippen molar-refractivity contribution in [1.82, 2.24) is 0 Å². The molecule has 0 heterocycles. The average molecular weight is 311 g/mol.